The number of aliphatic imine (C=N–C) groups is 1. The zero-order valence-electron chi connectivity index (χ0n) is 13.5. The number of benzene rings is 2. The van der Waals surface area contributed by atoms with Crippen LogP contribution in [0.3, 0.4) is 0 Å². The Labute approximate surface area is 155 Å². The highest BCUT2D eigenvalue weighted by Crippen LogP contribution is 2.23. The minimum Gasteiger partial charge on any atom is -0.495 e. The molecule has 2 rings (SSSR count). The van der Waals surface area contributed by atoms with Gasteiger partial charge in [0, 0.05) is 12.5 Å². The predicted octanol–water partition coefficient (Wildman–Crippen LogP) is 4.23. The van der Waals surface area contributed by atoms with Crippen molar-refractivity contribution >= 4 is 35.6 Å². The van der Waals surface area contributed by atoms with Crippen LogP contribution in [0.1, 0.15) is 24.8 Å². The lowest BCUT2D eigenvalue weighted by atomic mass is 9.97. The van der Waals surface area contributed by atoms with Gasteiger partial charge in [-0.3, -0.25) is 4.99 Å². The molecule has 0 fully saturated rings. The van der Waals surface area contributed by atoms with E-state index >= 15 is 0 Å². The molecule has 5 heteroatoms. The van der Waals surface area contributed by atoms with E-state index in [9.17, 15) is 0 Å². The molecule has 23 heavy (non-hydrogen) atoms. The van der Waals surface area contributed by atoms with Crippen molar-refractivity contribution in [2.45, 2.75) is 19.3 Å². The predicted molar refractivity (Wildman–Crippen MR) is 108 cm³/mol. The van der Waals surface area contributed by atoms with Crippen molar-refractivity contribution in [3.8, 4) is 5.75 Å². The van der Waals surface area contributed by atoms with Gasteiger partial charge in [0.1, 0.15) is 5.75 Å². The Morgan fingerprint density at radius 1 is 1.13 bits per heavy atom. The Hall–Kier alpha value is -1.76. The van der Waals surface area contributed by atoms with Gasteiger partial charge in [0.2, 0.25) is 0 Å². The first-order valence-electron chi connectivity index (χ1n) is 7.49. The normalized spacial score (nSPS) is 12.2. The highest BCUT2D eigenvalue weighted by Gasteiger charge is 2.08. The van der Waals surface area contributed by atoms with E-state index in [2.05, 4.69) is 41.5 Å². The topological polar surface area (TPSA) is 59.6 Å². The first-order chi connectivity index (χ1) is 10.7. The smallest absolute Gasteiger partial charge is 0.193 e. The molecule has 0 amide bonds. The maximum atomic E-state index is 5.99. The molecule has 0 saturated carbocycles. The van der Waals surface area contributed by atoms with Crippen molar-refractivity contribution in [3.63, 3.8) is 0 Å². The summed E-state index contributed by atoms with van der Waals surface area (Å²) in [6.07, 6.45) is 1.02. The van der Waals surface area contributed by atoms with Crippen LogP contribution < -0.4 is 15.8 Å². The van der Waals surface area contributed by atoms with Crippen LogP contribution in [-0.2, 0) is 0 Å². The van der Waals surface area contributed by atoms with Gasteiger partial charge in [-0.05, 0) is 24.1 Å². The van der Waals surface area contributed by atoms with E-state index in [1.807, 2.05) is 30.3 Å². The minimum atomic E-state index is 0. The van der Waals surface area contributed by atoms with Crippen LogP contribution in [0, 0.1) is 0 Å². The molecule has 3 N–H and O–H groups in total. The Kier molecular flexibility index (Phi) is 8.47. The zero-order valence-corrected chi connectivity index (χ0v) is 15.9. The number of para-hydroxylation sites is 2. The van der Waals surface area contributed by atoms with E-state index in [1.165, 1.54) is 5.56 Å². The molecule has 0 bridgehead atoms. The molecule has 0 heterocycles. The number of nitrogens with zero attached hydrogens (tertiary/aromatic N) is 1. The van der Waals surface area contributed by atoms with E-state index in [-0.39, 0.29) is 24.0 Å². The van der Waals surface area contributed by atoms with Crippen molar-refractivity contribution in [2.75, 3.05) is 19.0 Å². The largest absolute Gasteiger partial charge is 0.495 e. The number of hydrogen-bond donors (Lipinski definition) is 2. The molecule has 2 aromatic rings. The van der Waals surface area contributed by atoms with Crippen molar-refractivity contribution in [1.29, 1.82) is 0 Å². The maximum Gasteiger partial charge on any atom is 0.193 e. The SMILES string of the molecule is CCC(CN=C(N)Nc1ccccc1OC)c1ccccc1.I. The van der Waals surface area contributed by atoms with Crippen molar-refractivity contribution in [1.82, 2.24) is 0 Å². The molecule has 0 aliphatic heterocycles. The van der Waals surface area contributed by atoms with Gasteiger partial charge in [-0.25, -0.2) is 0 Å². The van der Waals surface area contributed by atoms with Crippen LogP contribution in [0.5, 0.6) is 5.75 Å². The lowest BCUT2D eigenvalue weighted by Crippen LogP contribution is -2.24. The first kappa shape index (κ1) is 19.3. The van der Waals surface area contributed by atoms with Crippen molar-refractivity contribution in [2.24, 2.45) is 10.7 Å². The molecule has 124 valence electrons. The lowest BCUT2D eigenvalue weighted by Gasteiger charge is -2.14. The number of nitrogens with one attached hydrogen (secondary N) is 1. The zero-order chi connectivity index (χ0) is 15.8. The van der Waals surface area contributed by atoms with Gasteiger partial charge in [-0.1, -0.05) is 49.4 Å². The Balaban J connectivity index is 0.00000264. The standard InChI is InChI=1S/C18H23N3O.HI/c1-3-14(15-9-5-4-6-10-15)13-20-18(19)21-16-11-7-8-12-17(16)22-2;/h4-12,14H,3,13H2,1-2H3,(H3,19,20,21);1H. The fourth-order valence-corrected chi connectivity index (χ4v) is 2.33. The number of nitrogens with two attached hydrogens (primary N) is 1. The molecule has 0 aliphatic rings. The number of guanidine groups is 1. The quantitative estimate of drug-likeness (QED) is 0.414. The average molecular weight is 425 g/mol. The average Bonchev–Trinajstić information content (AvgIpc) is 2.57. The summed E-state index contributed by atoms with van der Waals surface area (Å²) in [6, 6.07) is 18.0. The van der Waals surface area contributed by atoms with Gasteiger partial charge in [-0.15, -0.1) is 24.0 Å². The summed E-state index contributed by atoms with van der Waals surface area (Å²) in [5.41, 5.74) is 8.10. The van der Waals surface area contributed by atoms with Crippen LogP contribution in [0.25, 0.3) is 0 Å². The molecule has 0 aliphatic carbocycles. The summed E-state index contributed by atoms with van der Waals surface area (Å²) >= 11 is 0. The first-order valence-corrected chi connectivity index (χ1v) is 7.49. The van der Waals surface area contributed by atoms with Crippen LogP contribution >= 0.6 is 24.0 Å². The Bertz CT molecular complexity index is 617. The number of rotatable bonds is 6. The third kappa shape index (κ3) is 5.74. The molecule has 1 unspecified atom stereocenters. The van der Waals surface area contributed by atoms with Gasteiger partial charge in [0.15, 0.2) is 5.96 Å². The molecule has 0 saturated heterocycles. The number of anilines is 1. The molecule has 2 aromatic carbocycles. The van der Waals surface area contributed by atoms with E-state index in [0.29, 0.717) is 18.4 Å². The second-order valence-corrected chi connectivity index (χ2v) is 5.07. The number of halogens is 1. The van der Waals surface area contributed by atoms with Crippen LogP contribution in [0.4, 0.5) is 5.69 Å². The summed E-state index contributed by atoms with van der Waals surface area (Å²) in [6.45, 7) is 2.82. The summed E-state index contributed by atoms with van der Waals surface area (Å²) < 4.78 is 5.29. The van der Waals surface area contributed by atoms with Gasteiger partial charge in [0.05, 0.1) is 12.8 Å². The Morgan fingerprint density at radius 3 is 2.43 bits per heavy atom. The number of methoxy groups -OCH3 is 1. The van der Waals surface area contributed by atoms with E-state index in [0.717, 1.165) is 17.9 Å². The van der Waals surface area contributed by atoms with Crippen LogP contribution in [0.2, 0.25) is 0 Å². The summed E-state index contributed by atoms with van der Waals surface area (Å²) in [7, 11) is 1.64. The van der Waals surface area contributed by atoms with Crippen molar-refractivity contribution in [3.05, 3.63) is 60.2 Å². The van der Waals surface area contributed by atoms with E-state index < -0.39 is 0 Å². The van der Waals surface area contributed by atoms with Crippen LogP contribution in [-0.4, -0.2) is 19.6 Å². The molecular weight excluding hydrogens is 401 g/mol. The summed E-state index contributed by atoms with van der Waals surface area (Å²) in [4.78, 5) is 4.47. The molecule has 0 radical (unpaired) electrons. The highest BCUT2D eigenvalue weighted by molar-refractivity contribution is 14.0. The molecule has 4 nitrogen and oxygen atoms in total. The molecule has 0 spiro atoms. The van der Waals surface area contributed by atoms with Crippen molar-refractivity contribution < 1.29 is 4.74 Å². The fourth-order valence-electron chi connectivity index (χ4n) is 2.33. The molecule has 0 aromatic heterocycles. The van der Waals surface area contributed by atoms with Gasteiger partial charge in [-0.2, -0.15) is 0 Å². The van der Waals surface area contributed by atoms with Gasteiger partial charge < -0.3 is 15.8 Å². The third-order valence-corrected chi connectivity index (χ3v) is 3.62. The van der Waals surface area contributed by atoms with Gasteiger partial charge in [0.25, 0.3) is 0 Å². The Morgan fingerprint density at radius 2 is 1.78 bits per heavy atom. The fraction of sp³-hybridized carbons (Fsp3) is 0.278. The minimum absolute atomic E-state index is 0. The van der Waals surface area contributed by atoms with Crippen LogP contribution in [0.15, 0.2) is 59.6 Å². The maximum absolute atomic E-state index is 5.99. The highest BCUT2D eigenvalue weighted by atomic mass is 127. The third-order valence-electron chi connectivity index (χ3n) is 3.62. The summed E-state index contributed by atoms with van der Waals surface area (Å²) in [5.74, 6) is 1.52. The second kappa shape index (κ2) is 10.1. The molecule has 1 atom stereocenters. The lowest BCUT2D eigenvalue weighted by molar-refractivity contribution is 0.417. The number of ether oxygens (including phenoxy) is 1. The second-order valence-electron chi connectivity index (χ2n) is 5.07. The van der Waals surface area contributed by atoms with E-state index in [4.69, 9.17) is 10.5 Å². The molecular formula is C18H24IN3O. The van der Waals surface area contributed by atoms with Gasteiger partial charge >= 0.3 is 0 Å². The number of hydrogen-bond acceptors (Lipinski definition) is 2. The van der Waals surface area contributed by atoms with E-state index in [1.54, 1.807) is 7.11 Å². The monoisotopic (exact) mass is 425 g/mol. The summed E-state index contributed by atoms with van der Waals surface area (Å²) in [5, 5.41) is 3.10.